The van der Waals surface area contributed by atoms with Crippen molar-refractivity contribution in [3.05, 3.63) is 46.4 Å². The second-order valence-corrected chi connectivity index (χ2v) is 9.59. The molecule has 0 spiro atoms. The van der Waals surface area contributed by atoms with Crippen LogP contribution in [-0.4, -0.2) is 45.9 Å². The topological polar surface area (TPSA) is 84.9 Å². The van der Waals surface area contributed by atoms with Crippen molar-refractivity contribution in [1.82, 2.24) is 4.31 Å². The van der Waals surface area contributed by atoms with E-state index in [2.05, 4.69) is 5.32 Å². The molecule has 0 saturated carbocycles. The lowest BCUT2D eigenvalue weighted by Crippen LogP contribution is -2.43. The van der Waals surface area contributed by atoms with Crippen LogP contribution in [0, 0.1) is 5.92 Å². The molecular weight excluding hydrogens is 451 g/mol. The third kappa shape index (κ3) is 4.83. The van der Waals surface area contributed by atoms with Crippen molar-refractivity contribution < 1.29 is 22.7 Å². The van der Waals surface area contributed by atoms with Crippen molar-refractivity contribution in [2.24, 2.45) is 5.92 Å². The average molecular weight is 473 g/mol. The Balaban J connectivity index is 1.73. The van der Waals surface area contributed by atoms with Gasteiger partial charge in [-0.1, -0.05) is 23.2 Å². The average Bonchev–Trinajstić information content (AvgIpc) is 2.74. The van der Waals surface area contributed by atoms with Crippen molar-refractivity contribution >= 4 is 44.8 Å². The molecule has 1 amide bonds. The van der Waals surface area contributed by atoms with Gasteiger partial charge in [0.2, 0.25) is 15.9 Å². The van der Waals surface area contributed by atoms with E-state index < -0.39 is 15.9 Å². The molecule has 0 bridgehead atoms. The van der Waals surface area contributed by atoms with Gasteiger partial charge in [-0.05, 0) is 49.2 Å². The largest absolute Gasteiger partial charge is 0.495 e. The highest BCUT2D eigenvalue weighted by Crippen LogP contribution is 2.31. The molecule has 1 aliphatic rings. The highest BCUT2D eigenvalue weighted by Gasteiger charge is 2.33. The molecule has 0 aromatic heterocycles. The van der Waals surface area contributed by atoms with Gasteiger partial charge in [-0.25, -0.2) is 8.42 Å². The standard InChI is InChI=1S/C20H22Cl2N2O5S/c1-28-18-7-5-14(10-16(18)21)23-20(25)13-4-3-9-24(12-13)30(26,27)15-6-8-19(29-2)17(22)11-15/h5-8,10-11,13H,3-4,9,12H2,1-2H3,(H,23,25)/t13-/m0/s1. The number of amides is 1. The number of nitrogens with zero attached hydrogens (tertiary/aromatic N) is 1. The Labute approximate surface area is 185 Å². The highest BCUT2D eigenvalue weighted by molar-refractivity contribution is 7.89. The molecule has 1 N–H and O–H groups in total. The van der Waals surface area contributed by atoms with E-state index in [1.165, 1.54) is 36.7 Å². The monoisotopic (exact) mass is 472 g/mol. The number of benzene rings is 2. The van der Waals surface area contributed by atoms with Crippen molar-refractivity contribution in [3.8, 4) is 11.5 Å². The molecular formula is C20H22Cl2N2O5S. The summed E-state index contributed by atoms with van der Waals surface area (Å²) in [5.74, 6) is 0.152. The Morgan fingerprint density at radius 2 is 1.70 bits per heavy atom. The molecule has 1 atom stereocenters. The van der Waals surface area contributed by atoms with E-state index in [4.69, 9.17) is 32.7 Å². The van der Waals surface area contributed by atoms with Crippen LogP contribution < -0.4 is 14.8 Å². The Bertz CT molecular complexity index is 1050. The number of halogens is 2. The van der Waals surface area contributed by atoms with Gasteiger partial charge in [-0.3, -0.25) is 4.79 Å². The number of sulfonamides is 1. The van der Waals surface area contributed by atoms with E-state index in [1.807, 2.05) is 0 Å². The Morgan fingerprint density at radius 1 is 1.07 bits per heavy atom. The molecule has 1 heterocycles. The van der Waals surface area contributed by atoms with Gasteiger partial charge in [-0.15, -0.1) is 0 Å². The van der Waals surface area contributed by atoms with Crippen molar-refractivity contribution in [1.29, 1.82) is 0 Å². The molecule has 0 aliphatic carbocycles. The lowest BCUT2D eigenvalue weighted by molar-refractivity contribution is -0.120. The number of rotatable bonds is 6. The zero-order valence-corrected chi connectivity index (χ0v) is 18.9. The first-order valence-corrected chi connectivity index (χ1v) is 11.4. The van der Waals surface area contributed by atoms with Gasteiger partial charge in [0.1, 0.15) is 11.5 Å². The molecule has 2 aromatic rings. The molecule has 30 heavy (non-hydrogen) atoms. The minimum absolute atomic E-state index is 0.0660. The maximum atomic E-state index is 13.0. The molecule has 0 unspecified atom stereocenters. The zero-order valence-electron chi connectivity index (χ0n) is 16.5. The SMILES string of the molecule is COc1ccc(NC(=O)[C@H]2CCCN(S(=O)(=O)c3ccc(OC)c(Cl)c3)C2)cc1Cl. The predicted octanol–water partition coefficient (Wildman–Crippen LogP) is 4.05. The van der Waals surface area contributed by atoms with Gasteiger partial charge in [0, 0.05) is 18.8 Å². The number of methoxy groups -OCH3 is 2. The number of nitrogens with one attached hydrogen (secondary N) is 1. The summed E-state index contributed by atoms with van der Waals surface area (Å²) in [5, 5.41) is 3.39. The summed E-state index contributed by atoms with van der Waals surface area (Å²) in [7, 11) is -0.825. The molecule has 162 valence electrons. The second kappa shape index (κ2) is 9.43. The summed E-state index contributed by atoms with van der Waals surface area (Å²) >= 11 is 12.2. The molecule has 1 saturated heterocycles. The second-order valence-electron chi connectivity index (χ2n) is 6.84. The molecule has 7 nitrogen and oxygen atoms in total. The number of anilines is 1. The Morgan fingerprint density at radius 3 is 2.30 bits per heavy atom. The maximum absolute atomic E-state index is 13.0. The lowest BCUT2D eigenvalue weighted by Gasteiger charge is -2.31. The van der Waals surface area contributed by atoms with Gasteiger partial charge in [-0.2, -0.15) is 4.31 Å². The molecule has 2 aromatic carbocycles. The van der Waals surface area contributed by atoms with Gasteiger partial charge >= 0.3 is 0 Å². The number of hydrogen-bond acceptors (Lipinski definition) is 5. The summed E-state index contributed by atoms with van der Waals surface area (Å²) < 4.78 is 37.6. The number of hydrogen-bond donors (Lipinski definition) is 1. The molecule has 1 fully saturated rings. The van der Waals surface area contributed by atoms with E-state index in [9.17, 15) is 13.2 Å². The fourth-order valence-corrected chi connectivity index (χ4v) is 5.45. The van der Waals surface area contributed by atoms with Crippen molar-refractivity contribution in [2.75, 3.05) is 32.6 Å². The van der Waals surface area contributed by atoms with Crippen LogP contribution in [0.1, 0.15) is 12.8 Å². The third-order valence-electron chi connectivity index (χ3n) is 4.94. The van der Waals surface area contributed by atoms with Crippen LogP contribution in [-0.2, 0) is 14.8 Å². The molecule has 10 heteroatoms. The molecule has 0 radical (unpaired) electrons. The first-order chi connectivity index (χ1) is 14.3. The van der Waals surface area contributed by atoms with Crippen LogP contribution in [0.4, 0.5) is 5.69 Å². The Hall–Kier alpha value is -2.00. The van der Waals surface area contributed by atoms with Crippen LogP contribution in [0.15, 0.2) is 41.3 Å². The zero-order chi connectivity index (χ0) is 21.9. The van der Waals surface area contributed by atoms with Crippen LogP contribution in [0.25, 0.3) is 0 Å². The van der Waals surface area contributed by atoms with Crippen LogP contribution in [0.2, 0.25) is 10.0 Å². The van der Waals surface area contributed by atoms with E-state index in [0.717, 1.165) is 0 Å². The van der Waals surface area contributed by atoms with Crippen LogP contribution in [0.5, 0.6) is 11.5 Å². The smallest absolute Gasteiger partial charge is 0.243 e. The minimum atomic E-state index is -3.79. The third-order valence-corrected chi connectivity index (χ3v) is 7.39. The van der Waals surface area contributed by atoms with E-state index in [1.54, 1.807) is 18.2 Å². The van der Waals surface area contributed by atoms with Gasteiger partial charge in [0.05, 0.1) is 35.1 Å². The first-order valence-electron chi connectivity index (χ1n) is 9.24. The molecule has 3 rings (SSSR count). The lowest BCUT2D eigenvalue weighted by atomic mass is 9.98. The summed E-state index contributed by atoms with van der Waals surface area (Å²) in [6.45, 7) is 0.422. The maximum Gasteiger partial charge on any atom is 0.243 e. The summed E-state index contributed by atoms with van der Waals surface area (Å²) in [6.07, 6.45) is 1.16. The van der Waals surface area contributed by atoms with Crippen molar-refractivity contribution in [2.45, 2.75) is 17.7 Å². The summed E-state index contributed by atoms with van der Waals surface area (Å²) in [4.78, 5) is 12.8. The highest BCUT2D eigenvalue weighted by atomic mass is 35.5. The summed E-state index contributed by atoms with van der Waals surface area (Å²) in [6, 6.07) is 9.25. The van der Waals surface area contributed by atoms with Gasteiger partial charge < -0.3 is 14.8 Å². The van der Waals surface area contributed by atoms with E-state index in [-0.39, 0.29) is 22.4 Å². The van der Waals surface area contributed by atoms with Gasteiger partial charge in [0.15, 0.2) is 0 Å². The van der Waals surface area contributed by atoms with Crippen LogP contribution >= 0.6 is 23.2 Å². The fourth-order valence-electron chi connectivity index (χ4n) is 3.32. The first kappa shape index (κ1) is 22.7. The van der Waals surface area contributed by atoms with E-state index in [0.29, 0.717) is 41.6 Å². The quantitative estimate of drug-likeness (QED) is 0.685. The number of carbonyl (C=O) groups excluding carboxylic acids is 1. The fraction of sp³-hybridized carbons (Fsp3) is 0.350. The number of piperidine rings is 1. The van der Waals surface area contributed by atoms with Crippen molar-refractivity contribution in [3.63, 3.8) is 0 Å². The van der Waals surface area contributed by atoms with Crippen LogP contribution in [0.3, 0.4) is 0 Å². The number of ether oxygens (including phenoxy) is 2. The van der Waals surface area contributed by atoms with Gasteiger partial charge in [0.25, 0.3) is 0 Å². The minimum Gasteiger partial charge on any atom is -0.495 e. The normalized spacial score (nSPS) is 17.4. The molecule has 1 aliphatic heterocycles. The number of carbonyl (C=O) groups is 1. The van der Waals surface area contributed by atoms with E-state index >= 15 is 0 Å². The predicted molar refractivity (Wildman–Crippen MR) is 116 cm³/mol. The Kier molecular flexibility index (Phi) is 7.13. The summed E-state index contributed by atoms with van der Waals surface area (Å²) in [5.41, 5.74) is 0.521.